The molecule has 0 radical (unpaired) electrons. The Bertz CT molecular complexity index is 1070. The van der Waals surface area contributed by atoms with E-state index in [9.17, 15) is 17.6 Å². The molecule has 1 aromatic carbocycles. The van der Waals surface area contributed by atoms with Gasteiger partial charge in [0.05, 0.1) is 17.9 Å². The van der Waals surface area contributed by atoms with Crippen LogP contribution in [0.25, 0.3) is 0 Å². The van der Waals surface area contributed by atoms with Crippen molar-refractivity contribution in [2.24, 2.45) is 0 Å². The van der Waals surface area contributed by atoms with E-state index in [1.165, 1.54) is 12.1 Å². The molecule has 3 fully saturated rings. The van der Waals surface area contributed by atoms with Crippen LogP contribution >= 0.6 is 0 Å². The summed E-state index contributed by atoms with van der Waals surface area (Å²) < 4.78 is 61.0. The molecule has 6 nitrogen and oxygen atoms in total. The second-order valence-corrected chi connectivity index (χ2v) is 10.5. The quantitative estimate of drug-likeness (QED) is 0.473. The van der Waals surface area contributed by atoms with Gasteiger partial charge >= 0.3 is 6.18 Å². The van der Waals surface area contributed by atoms with E-state index in [0.717, 1.165) is 63.8 Å². The van der Waals surface area contributed by atoms with Crippen LogP contribution < -0.4 is 15.4 Å². The van der Waals surface area contributed by atoms with Crippen molar-refractivity contribution in [2.45, 2.75) is 88.7 Å². The zero-order valence-electron chi connectivity index (χ0n) is 20.0. The maximum absolute atomic E-state index is 14.5. The number of halogens is 4. The van der Waals surface area contributed by atoms with Gasteiger partial charge in [0.1, 0.15) is 5.75 Å². The summed E-state index contributed by atoms with van der Waals surface area (Å²) in [7, 11) is 0. The predicted octanol–water partition coefficient (Wildman–Crippen LogP) is 6.13. The minimum absolute atomic E-state index is 0.0223. The van der Waals surface area contributed by atoms with Gasteiger partial charge in [-0.05, 0) is 77.0 Å². The molecule has 1 saturated carbocycles. The Kier molecular flexibility index (Phi) is 6.27. The van der Waals surface area contributed by atoms with Gasteiger partial charge in [-0.1, -0.05) is 0 Å². The van der Waals surface area contributed by atoms with E-state index in [1.807, 2.05) is 0 Å². The molecule has 35 heavy (non-hydrogen) atoms. The third-order valence-corrected chi connectivity index (χ3v) is 7.55. The number of nitrogens with zero attached hydrogens (tertiary/aromatic N) is 3. The van der Waals surface area contributed by atoms with Crippen LogP contribution in [0.15, 0.2) is 24.4 Å². The molecule has 3 aliphatic rings. The van der Waals surface area contributed by atoms with Crippen molar-refractivity contribution in [2.75, 3.05) is 17.2 Å². The summed E-state index contributed by atoms with van der Waals surface area (Å²) in [6.45, 7) is 5.46. The summed E-state index contributed by atoms with van der Waals surface area (Å²) in [4.78, 5) is 10.7. The second-order valence-electron chi connectivity index (χ2n) is 10.5. The topological polar surface area (TPSA) is 62.3 Å². The molecule has 2 aliphatic heterocycles. The van der Waals surface area contributed by atoms with Gasteiger partial charge in [0.25, 0.3) is 0 Å². The van der Waals surface area contributed by atoms with E-state index < -0.39 is 17.6 Å². The highest BCUT2D eigenvalue weighted by molar-refractivity contribution is 5.59. The molecular weight excluding hydrogens is 462 g/mol. The van der Waals surface area contributed by atoms with Gasteiger partial charge in [-0.15, -0.1) is 0 Å². The van der Waals surface area contributed by atoms with Gasteiger partial charge < -0.3 is 15.4 Å². The number of hydrogen-bond acceptors (Lipinski definition) is 6. The Morgan fingerprint density at radius 3 is 2.66 bits per heavy atom. The fourth-order valence-electron chi connectivity index (χ4n) is 5.37. The lowest BCUT2D eigenvalue weighted by Crippen LogP contribution is -2.50. The molecule has 2 N–H and O–H groups in total. The van der Waals surface area contributed by atoms with Crippen molar-refractivity contribution in [1.29, 1.82) is 0 Å². The minimum Gasteiger partial charge on any atom is -0.490 e. The molecule has 2 aromatic rings. The Balaban J connectivity index is 1.29. The van der Waals surface area contributed by atoms with Crippen LogP contribution in [0.3, 0.4) is 0 Å². The van der Waals surface area contributed by atoms with Crippen LogP contribution in [0.5, 0.6) is 5.75 Å². The molecule has 2 atom stereocenters. The van der Waals surface area contributed by atoms with E-state index in [4.69, 9.17) is 4.74 Å². The number of anilines is 3. The molecule has 0 unspecified atom stereocenters. The number of hydrogen-bond donors (Lipinski definition) is 2. The second kappa shape index (κ2) is 9.11. The lowest BCUT2D eigenvalue weighted by Gasteiger charge is -2.42. The monoisotopic (exact) mass is 493 g/mol. The number of alkyl halides is 3. The van der Waals surface area contributed by atoms with Crippen LogP contribution in [-0.4, -0.2) is 45.1 Å². The third kappa shape index (κ3) is 5.17. The summed E-state index contributed by atoms with van der Waals surface area (Å²) in [5.74, 6) is -0.699. The van der Waals surface area contributed by atoms with Crippen LogP contribution in [0, 0.1) is 5.82 Å². The van der Waals surface area contributed by atoms with Crippen molar-refractivity contribution in [3.63, 3.8) is 0 Å². The normalized spacial score (nSPS) is 24.5. The Hall–Kier alpha value is -2.62. The zero-order chi connectivity index (χ0) is 24.8. The number of nitrogens with one attached hydrogen (secondary N) is 2. The lowest BCUT2D eigenvalue weighted by molar-refractivity contribution is -0.139. The van der Waals surface area contributed by atoms with Gasteiger partial charge in [0, 0.05) is 29.9 Å². The molecule has 2 saturated heterocycles. The van der Waals surface area contributed by atoms with Crippen molar-refractivity contribution in [3.05, 3.63) is 35.8 Å². The van der Waals surface area contributed by atoms with Gasteiger partial charge in [0.15, 0.2) is 11.6 Å². The van der Waals surface area contributed by atoms with E-state index >= 15 is 0 Å². The van der Waals surface area contributed by atoms with Crippen molar-refractivity contribution in [3.8, 4) is 5.75 Å². The standard InChI is InChI=1S/C25H31F4N5O/c1-24(2)10-8-17-12-16(9-11-34(17)24)31-22-20(26)14-30-23(33-22)32-15-6-7-21(35-18-4-3-5-18)19(13-15)25(27,28)29/h6-7,13-14,16-18H,3-5,8-12H2,1-2H3,(H2,30,31,32,33)/t16-,17-/m0/s1. The maximum Gasteiger partial charge on any atom is 0.420 e. The minimum atomic E-state index is -4.57. The molecule has 1 aliphatic carbocycles. The van der Waals surface area contributed by atoms with E-state index in [-0.39, 0.29) is 40.9 Å². The molecule has 3 heterocycles. The number of aromatic nitrogens is 2. The predicted molar refractivity (Wildman–Crippen MR) is 125 cm³/mol. The first-order valence-electron chi connectivity index (χ1n) is 12.3. The molecule has 1 aromatic heterocycles. The van der Waals surface area contributed by atoms with Crippen LogP contribution in [-0.2, 0) is 6.18 Å². The fourth-order valence-corrected chi connectivity index (χ4v) is 5.37. The molecular formula is C25H31F4N5O. The summed E-state index contributed by atoms with van der Waals surface area (Å²) in [5.41, 5.74) is -0.515. The molecule has 0 bridgehead atoms. The highest BCUT2D eigenvalue weighted by atomic mass is 19.4. The van der Waals surface area contributed by atoms with Crippen LogP contribution in [0.1, 0.15) is 64.4 Å². The Morgan fingerprint density at radius 2 is 1.94 bits per heavy atom. The van der Waals surface area contributed by atoms with Crippen LogP contribution in [0.4, 0.5) is 35.0 Å². The van der Waals surface area contributed by atoms with Gasteiger partial charge in [-0.3, -0.25) is 4.90 Å². The molecule has 0 spiro atoms. The highest BCUT2D eigenvalue weighted by Gasteiger charge is 2.42. The average molecular weight is 494 g/mol. The molecule has 0 amide bonds. The summed E-state index contributed by atoms with van der Waals surface area (Å²) >= 11 is 0. The van der Waals surface area contributed by atoms with Gasteiger partial charge in [0.2, 0.25) is 5.95 Å². The number of ether oxygens (including phenoxy) is 1. The molecule has 190 valence electrons. The largest absolute Gasteiger partial charge is 0.490 e. The van der Waals surface area contributed by atoms with Crippen LogP contribution in [0.2, 0.25) is 0 Å². The van der Waals surface area contributed by atoms with E-state index in [0.29, 0.717) is 6.04 Å². The van der Waals surface area contributed by atoms with E-state index in [1.54, 1.807) is 0 Å². The van der Waals surface area contributed by atoms with Crippen molar-refractivity contribution >= 4 is 17.5 Å². The first-order valence-corrected chi connectivity index (χ1v) is 12.3. The fraction of sp³-hybridized carbons (Fsp3) is 0.600. The SMILES string of the molecule is CC1(C)CC[C@H]2C[C@@H](Nc3nc(Nc4ccc(OC5CCC5)c(C(F)(F)F)c4)ncc3F)CCN21. The Morgan fingerprint density at radius 1 is 1.14 bits per heavy atom. The zero-order valence-corrected chi connectivity index (χ0v) is 20.0. The summed E-state index contributed by atoms with van der Waals surface area (Å²) in [6.07, 6.45) is 2.78. The molecule has 5 rings (SSSR count). The Labute approximate surface area is 202 Å². The van der Waals surface area contributed by atoms with Gasteiger partial charge in [-0.2, -0.15) is 18.2 Å². The first kappa shape index (κ1) is 24.1. The maximum atomic E-state index is 14.5. The number of rotatable bonds is 6. The van der Waals surface area contributed by atoms with E-state index in [2.05, 4.69) is 39.3 Å². The number of benzene rings is 1. The first-order chi connectivity index (χ1) is 16.6. The summed E-state index contributed by atoms with van der Waals surface area (Å²) in [5, 5.41) is 5.99. The van der Waals surface area contributed by atoms with Crippen molar-refractivity contribution < 1.29 is 22.3 Å². The smallest absolute Gasteiger partial charge is 0.420 e. The summed E-state index contributed by atoms with van der Waals surface area (Å²) in [6, 6.07) is 4.30. The highest BCUT2D eigenvalue weighted by Crippen LogP contribution is 2.41. The molecule has 10 heteroatoms. The number of piperidine rings is 1. The van der Waals surface area contributed by atoms with Crippen molar-refractivity contribution in [1.82, 2.24) is 14.9 Å². The third-order valence-electron chi connectivity index (χ3n) is 7.55. The average Bonchev–Trinajstić information content (AvgIpc) is 3.07. The lowest BCUT2D eigenvalue weighted by atomic mass is 9.96. The number of fused-ring (bicyclic) bond motifs is 1. The van der Waals surface area contributed by atoms with Gasteiger partial charge in [-0.25, -0.2) is 9.37 Å².